The zero-order chi connectivity index (χ0) is 31.0. The number of rotatable bonds is 9. The monoisotopic (exact) mass is 608 g/mol. The van der Waals surface area contributed by atoms with Crippen molar-refractivity contribution in [1.82, 2.24) is 20.5 Å². The largest absolute Gasteiger partial charge is 0.416 e. The Hall–Kier alpha value is -3.54. The lowest BCUT2D eigenvalue weighted by atomic mass is 9.69. The molecule has 4 heterocycles. The third-order valence-electron chi connectivity index (χ3n) is 9.07. The molecule has 3 fully saturated rings. The maximum absolute atomic E-state index is 13.5. The molecule has 2 unspecified atom stereocenters. The highest BCUT2D eigenvalue weighted by Crippen LogP contribution is 2.45. The number of nitrogens with one attached hydrogen (secondary N) is 3. The fourth-order valence-electron chi connectivity index (χ4n) is 6.42. The summed E-state index contributed by atoms with van der Waals surface area (Å²) >= 11 is 0. The third kappa shape index (κ3) is 7.00. The standard InChI is InChI=1S/C31H34F6N4O2/c1-2-29-9-11-41(12-10-29)27(17-29)40-28(43)39-25(15-20-18-38-24-6-4-3-5-23(20)24)26(42)8-7-19-13-21(30(32,33)34)16-22(14-19)31(35,36)37/h3-6,13-14,16,18,25,27,38H,2,7-12,15,17H2,1H3,(H2,39,40,43). The first-order valence-electron chi connectivity index (χ1n) is 14.4. The van der Waals surface area contributed by atoms with Crippen LogP contribution in [0.4, 0.5) is 31.1 Å². The number of fused-ring (bicyclic) bond motifs is 4. The fourth-order valence-corrected chi connectivity index (χ4v) is 6.42. The molecular weight excluding hydrogens is 574 g/mol. The second-order valence-electron chi connectivity index (χ2n) is 11.7. The first kappa shape index (κ1) is 30.9. The zero-order valence-electron chi connectivity index (χ0n) is 23.7. The summed E-state index contributed by atoms with van der Waals surface area (Å²) in [5.41, 5.74) is -1.38. The summed E-state index contributed by atoms with van der Waals surface area (Å²) in [7, 11) is 0. The van der Waals surface area contributed by atoms with Crippen LogP contribution in [0.5, 0.6) is 0 Å². The summed E-state index contributed by atoms with van der Waals surface area (Å²) in [5, 5.41) is 6.61. The molecule has 6 nitrogen and oxygen atoms in total. The predicted molar refractivity (Wildman–Crippen MR) is 149 cm³/mol. The molecule has 2 amide bonds. The van der Waals surface area contributed by atoms with Crippen molar-refractivity contribution in [3.05, 3.63) is 70.9 Å². The first-order valence-corrected chi connectivity index (χ1v) is 14.4. The normalized spacial score (nSPS) is 22.9. The van der Waals surface area contributed by atoms with Gasteiger partial charge in [-0.15, -0.1) is 0 Å². The van der Waals surface area contributed by atoms with Crippen molar-refractivity contribution in [1.29, 1.82) is 0 Å². The van der Waals surface area contributed by atoms with Gasteiger partial charge in [-0.2, -0.15) is 26.3 Å². The van der Waals surface area contributed by atoms with Gasteiger partial charge in [0.2, 0.25) is 0 Å². The minimum Gasteiger partial charge on any atom is -0.361 e. The lowest BCUT2D eigenvalue weighted by molar-refractivity contribution is -0.143. The number of urea groups is 1. The molecule has 43 heavy (non-hydrogen) atoms. The average molecular weight is 609 g/mol. The number of aromatic nitrogens is 1. The molecule has 0 spiro atoms. The van der Waals surface area contributed by atoms with E-state index in [1.54, 1.807) is 6.20 Å². The number of Topliss-reactive ketones (excluding diaryl/α,β-unsaturated/α-hetero) is 1. The van der Waals surface area contributed by atoms with Crippen molar-refractivity contribution in [2.75, 3.05) is 13.1 Å². The van der Waals surface area contributed by atoms with Gasteiger partial charge in [0, 0.05) is 43.0 Å². The van der Waals surface area contributed by atoms with E-state index in [4.69, 9.17) is 0 Å². The molecule has 2 aromatic carbocycles. The Balaban J connectivity index is 1.34. The summed E-state index contributed by atoms with van der Waals surface area (Å²) in [6, 6.07) is 7.13. The quantitative estimate of drug-likeness (QED) is 0.233. The number of piperidine rings is 3. The van der Waals surface area contributed by atoms with Gasteiger partial charge >= 0.3 is 18.4 Å². The van der Waals surface area contributed by atoms with Crippen LogP contribution in [0.1, 0.15) is 61.3 Å². The van der Waals surface area contributed by atoms with Crippen molar-refractivity contribution < 1.29 is 35.9 Å². The lowest BCUT2D eigenvalue weighted by Crippen LogP contribution is -2.62. The van der Waals surface area contributed by atoms with Crippen molar-refractivity contribution in [3.8, 4) is 0 Å². The average Bonchev–Trinajstić information content (AvgIpc) is 3.38. The van der Waals surface area contributed by atoms with Crippen molar-refractivity contribution >= 4 is 22.7 Å². The molecule has 0 radical (unpaired) electrons. The van der Waals surface area contributed by atoms with E-state index in [1.807, 2.05) is 24.3 Å². The van der Waals surface area contributed by atoms with Crippen LogP contribution < -0.4 is 10.6 Å². The Morgan fingerprint density at radius 1 is 1.02 bits per heavy atom. The van der Waals surface area contributed by atoms with Crippen LogP contribution in [0.15, 0.2) is 48.7 Å². The van der Waals surface area contributed by atoms with Gasteiger partial charge in [-0.1, -0.05) is 31.5 Å². The first-order chi connectivity index (χ1) is 20.3. The highest BCUT2D eigenvalue weighted by Gasteiger charge is 2.44. The van der Waals surface area contributed by atoms with E-state index in [-0.39, 0.29) is 42.5 Å². The van der Waals surface area contributed by atoms with Crippen LogP contribution in [0.3, 0.4) is 0 Å². The van der Waals surface area contributed by atoms with E-state index in [2.05, 4.69) is 27.4 Å². The number of carbonyl (C=O) groups is 2. The van der Waals surface area contributed by atoms with Crippen molar-refractivity contribution in [2.45, 2.75) is 76.4 Å². The van der Waals surface area contributed by atoms with Gasteiger partial charge in [0.15, 0.2) is 5.78 Å². The number of halogens is 6. The number of alkyl halides is 6. The minimum absolute atomic E-state index is 0.0631. The summed E-state index contributed by atoms with van der Waals surface area (Å²) in [4.78, 5) is 32.0. The second kappa shape index (κ2) is 11.9. The van der Waals surface area contributed by atoms with Crippen LogP contribution in [0, 0.1) is 5.41 Å². The van der Waals surface area contributed by atoms with Gasteiger partial charge in [-0.3, -0.25) is 9.69 Å². The van der Waals surface area contributed by atoms with E-state index in [1.165, 1.54) is 0 Å². The number of H-pyrrole nitrogens is 1. The lowest BCUT2D eigenvalue weighted by Gasteiger charge is -2.52. The number of aromatic amines is 1. The summed E-state index contributed by atoms with van der Waals surface area (Å²) < 4.78 is 80.1. The van der Waals surface area contributed by atoms with Crippen molar-refractivity contribution in [2.24, 2.45) is 5.41 Å². The fraction of sp³-hybridized carbons (Fsp3) is 0.484. The molecule has 3 aliphatic heterocycles. The Morgan fingerprint density at radius 2 is 1.67 bits per heavy atom. The van der Waals surface area contributed by atoms with Gasteiger partial charge < -0.3 is 15.6 Å². The van der Waals surface area contributed by atoms with E-state index in [0.29, 0.717) is 12.1 Å². The summed E-state index contributed by atoms with van der Waals surface area (Å²) in [6.07, 6.45) is -5.10. The number of ketones is 1. The summed E-state index contributed by atoms with van der Waals surface area (Å²) in [6.45, 7) is 3.89. The smallest absolute Gasteiger partial charge is 0.361 e. The zero-order valence-corrected chi connectivity index (χ0v) is 23.7. The number of aryl methyl sites for hydroxylation is 1. The number of hydrogen-bond donors (Lipinski definition) is 3. The molecule has 12 heteroatoms. The van der Waals surface area contributed by atoms with E-state index in [0.717, 1.165) is 55.2 Å². The molecule has 1 aromatic heterocycles. The van der Waals surface area contributed by atoms with E-state index >= 15 is 0 Å². The Morgan fingerprint density at radius 3 is 2.30 bits per heavy atom. The maximum Gasteiger partial charge on any atom is 0.416 e. The van der Waals surface area contributed by atoms with Gasteiger partial charge in [0.25, 0.3) is 0 Å². The topological polar surface area (TPSA) is 77.2 Å². The van der Waals surface area contributed by atoms with Gasteiger partial charge in [-0.05, 0) is 66.5 Å². The number of benzene rings is 2. The van der Waals surface area contributed by atoms with Gasteiger partial charge in [-0.25, -0.2) is 4.79 Å². The van der Waals surface area contributed by atoms with Gasteiger partial charge in [0.1, 0.15) is 0 Å². The molecule has 232 valence electrons. The van der Waals surface area contributed by atoms with Crippen LogP contribution in [0.2, 0.25) is 0 Å². The van der Waals surface area contributed by atoms with Crippen LogP contribution >= 0.6 is 0 Å². The highest BCUT2D eigenvalue weighted by atomic mass is 19.4. The van der Waals surface area contributed by atoms with E-state index < -0.39 is 41.3 Å². The molecule has 3 N–H and O–H groups in total. The molecule has 2 bridgehead atoms. The third-order valence-corrected chi connectivity index (χ3v) is 9.07. The molecule has 3 aliphatic rings. The number of para-hydroxylation sites is 1. The summed E-state index contributed by atoms with van der Waals surface area (Å²) in [5.74, 6) is -0.498. The molecule has 2 atom stereocenters. The number of nitrogens with zero attached hydrogens (tertiary/aromatic N) is 1. The minimum atomic E-state index is -4.98. The maximum atomic E-state index is 13.5. The van der Waals surface area contributed by atoms with Crippen LogP contribution in [0.25, 0.3) is 10.9 Å². The van der Waals surface area contributed by atoms with Crippen molar-refractivity contribution in [3.63, 3.8) is 0 Å². The van der Waals surface area contributed by atoms with Crippen LogP contribution in [-0.2, 0) is 30.0 Å². The molecular formula is C31H34F6N4O2. The number of hydrogen-bond acceptors (Lipinski definition) is 3. The second-order valence-corrected chi connectivity index (χ2v) is 11.7. The number of amides is 2. The molecule has 6 rings (SSSR count). The predicted octanol–water partition coefficient (Wildman–Crippen LogP) is 6.84. The highest BCUT2D eigenvalue weighted by molar-refractivity contribution is 5.90. The molecule has 3 aromatic rings. The Bertz CT molecular complexity index is 1440. The Kier molecular flexibility index (Phi) is 8.52. The van der Waals surface area contributed by atoms with E-state index in [9.17, 15) is 35.9 Å². The van der Waals surface area contributed by atoms with Gasteiger partial charge in [0.05, 0.1) is 23.3 Å². The number of carbonyl (C=O) groups excluding carboxylic acids is 2. The van der Waals surface area contributed by atoms with Crippen LogP contribution in [-0.4, -0.2) is 47.0 Å². The Labute approximate surface area is 245 Å². The molecule has 0 aliphatic carbocycles. The molecule has 0 saturated carbocycles. The SMILES string of the molecule is CCC12CCN(CC1)C(NC(=O)NC(Cc1c[nH]c3ccccc13)C(=O)CCc1cc(C(F)(F)F)cc(C(F)(F)F)c1)C2. The molecule has 3 saturated heterocycles.